The van der Waals surface area contributed by atoms with Crippen LogP contribution >= 0.6 is 22.6 Å². The number of rotatable bonds is 4. The van der Waals surface area contributed by atoms with E-state index in [4.69, 9.17) is 4.74 Å². The van der Waals surface area contributed by atoms with Crippen molar-refractivity contribution in [2.24, 2.45) is 0 Å². The highest BCUT2D eigenvalue weighted by Gasteiger charge is 2.21. The number of methoxy groups -OCH3 is 1. The van der Waals surface area contributed by atoms with E-state index >= 15 is 0 Å². The van der Waals surface area contributed by atoms with Crippen molar-refractivity contribution >= 4 is 50.1 Å². The molecule has 2 aromatic carbocycles. The van der Waals surface area contributed by atoms with Crippen molar-refractivity contribution in [3.8, 4) is 5.75 Å². The highest BCUT2D eigenvalue weighted by atomic mass is 127. The number of H-pyrrole nitrogens is 2. The van der Waals surface area contributed by atoms with Crippen LogP contribution in [0.5, 0.6) is 5.75 Å². The van der Waals surface area contributed by atoms with Crippen LogP contribution in [-0.2, 0) is 6.54 Å². The zero-order valence-corrected chi connectivity index (χ0v) is 18.0. The Morgan fingerprint density at radius 2 is 1.79 bits per heavy atom. The fourth-order valence-electron chi connectivity index (χ4n) is 4.22. The van der Waals surface area contributed by atoms with Crippen molar-refractivity contribution in [1.82, 2.24) is 14.9 Å². The number of aromatic amines is 2. The molecule has 0 bridgehead atoms. The monoisotopic (exact) mass is 486 g/mol. The first kappa shape index (κ1) is 17.9. The minimum atomic E-state index is 0.939. The molecule has 1 aliphatic rings. The number of nitrogens with one attached hydrogen (secondary N) is 2. The summed E-state index contributed by atoms with van der Waals surface area (Å²) >= 11 is 2.45. The van der Waals surface area contributed by atoms with Gasteiger partial charge in [-0.05, 0) is 52.9 Å². The summed E-state index contributed by atoms with van der Waals surface area (Å²) in [6.45, 7) is 5.15. The summed E-state index contributed by atoms with van der Waals surface area (Å²) < 4.78 is 6.82. The molecule has 0 aliphatic carbocycles. The third-order valence-electron chi connectivity index (χ3n) is 5.68. The molecule has 0 saturated carbocycles. The molecule has 1 saturated heterocycles. The van der Waals surface area contributed by atoms with E-state index < -0.39 is 0 Å². The fraction of sp³-hybridized carbons (Fsp3) is 0.273. The summed E-state index contributed by atoms with van der Waals surface area (Å²) in [7, 11) is 1.74. The molecule has 3 heterocycles. The lowest BCUT2D eigenvalue weighted by atomic mass is 10.1. The van der Waals surface area contributed by atoms with Gasteiger partial charge in [0.05, 0.1) is 18.0 Å². The molecule has 5 rings (SSSR count). The second-order valence-electron chi connectivity index (χ2n) is 7.28. The summed E-state index contributed by atoms with van der Waals surface area (Å²) in [6, 6.07) is 14.9. The predicted octanol–water partition coefficient (Wildman–Crippen LogP) is 4.58. The van der Waals surface area contributed by atoms with E-state index in [1.807, 2.05) is 18.3 Å². The van der Waals surface area contributed by atoms with Crippen LogP contribution in [-0.4, -0.2) is 48.2 Å². The lowest BCUT2D eigenvalue weighted by Crippen LogP contribution is -2.46. The minimum absolute atomic E-state index is 0.939. The second kappa shape index (κ2) is 7.33. The number of ether oxygens (including phenoxy) is 1. The molecule has 1 aliphatic heterocycles. The third-order valence-corrected chi connectivity index (χ3v) is 6.87. The predicted molar refractivity (Wildman–Crippen MR) is 123 cm³/mol. The molecule has 0 unspecified atom stereocenters. The van der Waals surface area contributed by atoms with Crippen molar-refractivity contribution in [3.05, 3.63) is 57.9 Å². The van der Waals surface area contributed by atoms with Gasteiger partial charge >= 0.3 is 0 Å². The van der Waals surface area contributed by atoms with E-state index in [-0.39, 0.29) is 0 Å². The second-order valence-corrected chi connectivity index (χ2v) is 8.36. The summed E-state index contributed by atoms with van der Waals surface area (Å²) in [5.41, 5.74) is 4.97. The zero-order chi connectivity index (χ0) is 19.1. The molecule has 0 spiro atoms. The number of hydrogen-bond acceptors (Lipinski definition) is 3. The van der Waals surface area contributed by atoms with Crippen molar-refractivity contribution < 1.29 is 4.74 Å². The summed E-state index contributed by atoms with van der Waals surface area (Å²) in [4.78, 5) is 12.0. The molecule has 2 N–H and O–H groups in total. The quantitative estimate of drug-likeness (QED) is 0.415. The van der Waals surface area contributed by atoms with Crippen LogP contribution in [0.2, 0.25) is 0 Å². The first-order chi connectivity index (χ1) is 13.7. The third kappa shape index (κ3) is 3.04. The van der Waals surface area contributed by atoms with Crippen LogP contribution in [0, 0.1) is 3.57 Å². The molecule has 5 nitrogen and oxygen atoms in total. The van der Waals surface area contributed by atoms with E-state index in [1.54, 1.807) is 7.11 Å². The number of piperazine rings is 1. The Hall–Kier alpha value is -2.19. The molecule has 28 heavy (non-hydrogen) atoms. The van der Waals surface area contributed by atoms with Gasteiger partial charge in [0, 0.05) is 64.8 Å². The van der Waals surface area contributed by atoms with E-state index in [0.717, 1.165) is 44.0 Å². The number of halogens is 1. The Bertz CT molecular complexity index is 1120. The van der Waals surface area contributed by atoms with Crippen molar-refractivity contribution in [3.63, 3.8) is 0 Å². The molecule has 6 heteroatoms. The first-order valence-electron chi connectivity index (χ1n) is 9.61. The van der Waals surface area contributed by atoms with E-state index in [0.29, 0.717) is 0 Å². The largest absolute Gasteiger partial charge is 0.496 e. The fourth-order valence-corrected chi connectivity index (χ4v) is 5.09. The summed E-state index contributed by atoms with van der Waals surface area (Å²) in [5, 5.41) is 2.51. The highest BCUT2D eigenvalue weighted by Crippen LogP contribution is 2.33. The molecule has 144 valence electrons. The molecule has 0 atom stereocenters. The SMILES string of the molecule is COc1cccc2[nH]c(CN3CCN(c4cccc5[nH]ccc45)CC3)c(I)c12. The van der Waals surface area contributed by atoms with Gasteiger partial charge in [-0.15, -0.1) is 0 Å². The lowest BCUT2D eigenvalue weighted by Gasteiger charge is -2.36. The van der Waals surface area contributed by atoms with Crippen LogP contribution < -0.4 is 9.64 Å². The Morgan fingerprint density at radius 1 is 1.00 bits per heavy atom. The Balaban J connectivity index is 1.32. The number of aromatic nitrogens is 2. The van der Waals surface area contributed by atoms with Crippen LogP contribution in [0.15, 0.2) is 48.7 Å². The van der Waals surface area contributed by atoms with Crippen LogP contribution in [0.1, 0.15) is 5.69 Å². The van der Waals surface area contributed by atoms with Gasteiger partial charge in [-0.2, -0.15) is 0 Å². The Morgan fingerprint density at radius 3 is 2.61 bits per heavy atom. The Kier molecular flexibility index (Phi) is 4.68. The maximum atomic E-state index is 5.56. The number of fused-ring (bicyclic) bond motifs is 2. The highest BCUT2D eigenvalue weighted by molar-refractivity contribution is 14.1. The lowest BCUT2D eigenvalue weighted by molar-refractivity contribution is 0.247. The Labute approximate surface area is 177 Å². The summed E-state index contributed by atoms with van der Waals surface area (Å²) in [6.07, 6.45) is 2.02. The molecule has 0 amide bonds. The van der Waals surface area contributed by atoms with Crippen LogP contribution in [0.25, 0.3) is 21.8 Å². The van der Waals surface area contributed by atoms with Gasteiger partial charge < -0.3 is 19.6 Å². The van der Waals surface area contributed by atoms with Gasteiger partial charge in [-0.1, -0.05) is 12.1 Å². The minimum Gasteiger partial charge on any atom is -0.496 e. The van der Waals surface area contributed by atoms with Gasteiger partial charge in [-0.3, -0.25) is 4.90 Å². The topological polar surface area (TPSA) is 47.3 Å². The van der Waals surface area contributed by atoms with E-state index in [9.17, 15) is 0 Å². The first-order valence-corrected chi connectivity index (χ1v) is 10.7. The van der Waals surface area contributed by atoms with Gasteiger partial charge in [0.15, 0.2) is 0 Å². The number of nitrogens with zero attached hydrogens (tertiary/aromatic N) is 2. The van der Waals surface area contributed by atoms with Gasteiger partial charge in [0.25, 0.3) is 0 Å². The van der Waals surface area contributed by atoms with Crippen molar-refractivity contribution in [1.29, 1.82) is 0 Å². The molecule has 0 radical (unpaired) electrons. The zero-order valence-electron chi connectivity index (χ0n) is 15.8. The smallest absolute Gasteiger partial charge is 0.129 e. The maximum absolute atomic E-state index is 5.56. The van der Waals surface area contributed by atoms with E-state index in [1.165, 1.54) is 31.2 Å². The molecule has 4 aromatic rings. The van der Waals surface area contributed by atoms with E-state index in [2.05, 4.69) is 72.7 Å². The average Bonchev–Trinajstić information content (AvgIpc) is 3.33. The summed E-state index contributed by atoms with van der Waals surface area (Å²) in [5.74, 6) is 0.939. The molecular weight excluding hydrogens is 463 g/mol. The van der Waals surface area contributed by atoms with Gasteiger partial charge in [-0.25, -0.2) is 0 Å². The standard InChI is InChI=1S/C22H23IN4O/c1-28-20-7-3-5-17-21(20)22(23)18(25-17)14-26-10-12-27(13-11-26)19-6-2-4-16-15(19)8-9-24-16/h2-9,24-25H,10-14H2,1H3. The van der Waals surface area contributed by atoms with Crippen molar-refractivity contribution in [2.45, 2.75) is 6.54 Å². The molecule has 2 aromatic heterocycles. The maximum Gasteiger partial charge on any atom is 0.129 e. The number of anilines is 1. The van der Waals surface area contributed by atoms with Crippen LogP contribution in [0.3, 0.4) is 0 Å². The van der Waals surface area contributed by atoms with Crippen molar-refractivity contribution in [2.75, 3.05) is 38.2 Å². The van der Waals surface area contributed by atoms with Gasteiger partial charge in [0.1, 0.15) is 5.75 Å². The van der Waals surface area contributed by atoms with Gasteiger partial charge in [0.2, 0.25) is 0 Å². The average molecular weight is 486 g/mol. The number of hydrogen-bond donors (Lipinski definition) is 2. The molecule has 1 fully saturated rings. The number of benzene rings is 2. The van der Waals surface area contributed by atoms with Crippen LogP contribution in [0.4, 0.5) is 5.69 Å². The molecular formula is C22H23IN4O. The normalized spacial score (nSPS) is 15.6.